The summed E-state index contributed by atoms with van der Waals surface area (Å²) in [6.07, 6.45) is 3.81. The van der Waals surface area contributed by atoms with Gasteiger partial charge in [0.1, 0.15) is 5.76 Å². The van der Waals surface area contributed by atoms with Crippen molar-refractivity contribution >= 4 is 22.4 Å². The molecule has 4 rings (SSSR count). The van der Waals surface area contributed by atoms with Crippen molar-refractivity contribution in [2.75, 3.05) is 0 Å². The Hall–Kier alpha value is -2.28. The molecule has 0 unspecified atom stereocenters. The van der Waals surface area contributed by atoms with E-state index in [1.54, 1.807) is 6.26 Å². The van der Waals surface area contributed by atoms with E-state index in [-0.39, 0.29) is 0 Å². The van der Waals surface area contributed by atoms with Crippen molar-refractivity contribution in [3.63, 3.8) is 0 Å². The molecular formula is C16H10O. The summed E-state index contributed by atoms with van der Waals surface area (Å²) in [5.74, 6) is 0.917. The van der Waals surface area contributed by atoms with Crippen LogP contribution in [0.15, 0.2) is 59.2 Å². The van der Waals surface area contributed by atoms with Gasteiger partial charge in [0.15, 0.2) is 0 Å². The second-order valence-electron chi connectivity index (χ2n) is 4.32. The summed E-state index contributed by atoms with van der Waals surface area (Å²) in [5.41, 5.74) is 4.00. The minimum atomic E-state index is 0.917. The lowest BCUT2D eigenvalue weighted by Gasteiger charge is -1.91. The van der Waals surface area contributed by atoms with Crippen LogP contribution in [0.4, 0.5) is 0 Å². The number of hydrogen-bond donors (Lipinski definition) is 0. The molecule has 0 saturated carbocycles. The van der Waals surface area contributed by atoms with Crippen LogP contribution in [-0.2, 0) is 0 Å². The van der Waals surface area contributed by atoms with Gasteiger partial charge in [-0.05, 0) is 57.8 Å². The first kappa shape index (κ1) is 8.82. The van der Waals surface area contributed by atoms with Gasteiger partial charge in [0.25, 0.3) is 0 Å². The molecule has 80 valence electrons. The second-order valence-corrected chi connectivity index (χ2v) is 4.32. The summed E-state index contributed by atoms with van der Waals surface area (Å²) in [5, 5.41) is 2.60. The van der Waals surface area contributed by atoms with Gasteiger partial charge in [0.05, 0.1) is 6.26 Å². The molecule has 1 aliphatic rings. The zero-order chi connectivity index (χ0) is 11.2. The zero-order valence-electron chi connectivity index (χ0n) is 9.18. The Morgan fingerprint density at radius 1 is 0.824 bits per heavy atom. The molecule has 1 heterocycles. The molecule has 1 aromatic heterocycles. The fourth-order valence-electron chi connectivity index (χ4n) is 2.30. The minimum absolute atomic E-state index is 0.917. The standard InChI is InChI=1S/C16H10O/c1-2-5-12-9-15-14(8-11(12)4-1)16(15)10-13-6-3-7-17-13/h1-10H. The SMILES string of the molecule is C(=C1c2cc3ccccc3cc21)c1ccco1. The van der Waals surface area contributed by atoms with Gasteiger partial charge in [-0.1, -0.05) is 24.3 Å². The van der Waals surface area contributed by atoms with E-state index in [2.05, 4.69) is 42.5 Å². The fourth-order valence-corrected chi connectivity index (χ4v) is 2.30. The van der Waals surface area contributed by atoms with Crippen LogP contribution < -0.4 is 0 Å². The highest BCUT2D eigenvalue weighted by molar-refractivity contribution is 6.11. The van der Waals surface area contributed by atoms with Crippen molar-refractivity contribution in [3.05, 3.63) is 71.7 Å². The van der Waals surface area contributed by atoms with Crippen LogP contribution in [0.5, 0.6) is 0 Å². The number of furan rings is 1. The average Bonchev–Trinajstić information content (AvgIpc) is 2.78. The lowest BCUT2D eigenvalue weighted by atomic mass is 10.1. The number of fused-ring (bicyclic) bond motifs is 2. The molecular weight excluding hydrogens is 208 g/mol. The van der Waals surface area contributed by atoms with Gasteiger partial charge in [-0.3, -0.25) is 0 Å². The number of rotatable bonds is 1. The summed E-state index contributed by atoms with van der Waals surface area (Å²) < 4.78 is 5.34. The zero-order valence-corrected chi connectivity index (χ0v) is 9.18. The Kier molecular flexibility index (Phi) is 1.61. The lowest BCUT2D eigenvalue weighted by Crippen LogP contribution is -1.67. The van der Waals surface area contributed by atoms with E-state index < -0.39 is 0 Å². The van der Waals surface area contributed by atoms with Gasteiger partial charge in [0, 0.05) is 0 Å². The normalized spacial score (nSPS) is 12.6. The second kappa shape index (κ2) is 3.11. The van der Waals surface area contributed by atoms with Crippen LogP contribution in [-0.4, -0.2) is 0 Å². The maximum atomic E-state index is 5.34. The molecule has 0 radical (unpaired) electrons. The molecule has 1 aliphatic carbocycles. The fraction of sp³-hybridized carbons (Fsp3) is 0. The first-order chi connectivity index (χ1) is 8.42. The molecule has 0 saturated heterocycles. The lowest BCUT2D eigenvalue weighted by molar-refractivity contribution is 0.557. The van der Waals surface area contributed by atoms with Crippen LogP contribution in [0, 0.1) is 0 Å². The molecule has 1 nitrogen and oxygen atoms in total. The van der Waals surface area contributed by atoms with Gasteiger partial charge in [-0.2, -0.15) is 0 Å². The van der Waals surface area contributed by atoms with E-state index in [1.807, 2.05) is 12.1 Å². The first-order valence-electron chi connectivity index (χ1n) is 5.70. The summed E-state index contributed by atoms with van der Waals surface area (Å²) in [4.78, 5) is 0. The Labute approximate surface area is 99.0 Å². The van der Waals surface area contributed by atoms with Crippen molar-refractivity contribution < 1.29 is 4.42 Å². The molecule has 0 bridgehead atoms. The van der Waals surface area contributed by atoms with Crippen LogP contribution in [0.3, 0.4) is 0 Å². The van der Waals surface area contributed by atoms with E-state index in [0.717, 1.165) is 5.76 Å². The Bertz CT molecular complexity index is 689. The summed E-state index contributed by atoms with van der Waals surface area (Å²) in [6, 6.07) is 16.8. The predicted molar refractivity (Wildman–Crippen MR) is 69.6 cm³/mol. The molecule has 0 N–H and O–H groups in total. The Morgan fingerprint density at radius 3 is 2.12 bits per heavy atom. The van der Waals surface area contributed by atoms with E-state index in [0.29, 0.717) is 0 Å². The Balaban J connectivity index is 1.86. The van der Waals surface area contributed by atoms with E-state index >= 15 is 0 Å². The third-order valence-corrected chi connectivity index (χ3v) is 3.23. The first-order valence-corrected chi connectivity index (χ1v) is 5.70. The maximum absolute atomic E-state index is 5.34. The van der Waals surface area contributed by atoms with Crippen molar-refractivity contribution in [2.45, 2.75) is 0 Å². The molecule has 0 spiro atoms. The van der Waals surface area contributed by atoms with Gasteiger partial charge in [-0.15, -0.1) is 0 Å². The summed E-state index contributed by atoms with van der Waals surface area (Å²) in [6.45, 7) is 0. The van der Waals surface area contributed by atoms with Gasteiger partial charge >= 0.3 is 0 Å². The van der Waals surface area contributed by atoms with Gasteiger partial charge < -0.3 is 4.42 Å². The van der Waals surface area contributed by atoms with Crippen molar-refractivity contribution in [3.8, 4) is 0 Å². The highest BCUT2D eigenvalue weighted by Gasteiger charge is 2.25. The molecule has 0 atom stereocenters. The molecule has 3 aromatic rings. The number of hydrogen-bond acceptors (Lipinski definition) is 1. The smallest absolute Gasteiger partial charge is 0.127 e. The van der Waals surface area contributed by atoms with Crippen molar-refractivity contribution in [1.29, 1.82) is 0 Å². The van der Waals surface area contributed by atoms with Crippen LogP contribution in [0.25, 0.3) is 22.4 Å². The average molecular weight is 218 g/mol. The van der Waals surface area contributed by atoms with Crippen LogP contribution in [0.1, 0.15) is 16.9 Å². The van der Waals surface area contributed by atoms with Crippen LogP contribution in [0.2, 0.25) is 0 Å². The largest absolute Gasteiger partial charge is 0.465 e. The van der Waals surface area contributed by atoms with E-state index in [9.17, 15) is 0 Å². The summed E-state index contributed by atoms with van der Waals surface area (Å²) in [7, 11) is 0. The van der Waals surface area contributed by atoms with Gasteiger partial charge in [0.2, 0.25) is 0 Å². The molecule has 0 fully saturated rings. The molecule has 17 heavy (non-hydrogen) atoms. The quantitative estimate of drug-likeness (QED) is 0.463. The van der Waals surface area contributed by atoms with E-state index in [1.165, 1.54) is 27.5 Å². The third kappa shape index (κ3) is 1.32. The highest BCUT2D eigenvalue weighted by atomic mass is 16.3. The monoisotopic (exact) mass is 218 g/mol. The third-order valence-electron chi connectivity index (χ3n) is 3.23. The van der Waals surface area contributed by atoms with Crippen molar-refractivity contribution in [1.82, 2.24) is 0 Å². The maximum Gasteiger partial charge on any atom is 0.127 e. The summed E-state index contributed by atoms with van der Waals surface area (Å²) >= 11 is 0. The molecule has 0 amide bonds. The molecule has 2 aromatic carbocycles. The predicted octanol–water partition coefficient (Wildman–Crippen LogP) is 4.34. The van der Waals surface area contributed by atoms with E-state index in [4.69, 9.17) is 4.42 Å². The van der Waals surface area contributed by atoms with Crippen LogP contribution >= 0.6 is 0 Å². The van der Waals surface area contributed by atoms with Crippen molar-refractivity contribution in [2.24, 2.45) is 0 Å². The topological polar surface area (TPSA) is 13.1 Å². The highest BCUT2D eigenvalue weighted by Crippen LogP contribution is 2.45. The minimum Gasteiger partial charge on any atom is -0.465 e. The van der Waals surface area contributed by atoms with Gasteiger partial charge in [-0.25, -0.2) is 0 Å². The number of benzene rings is 2. The molecule has 0 aliphatic heterocycles. The Morgan fingerprint density at radius 2 is 1.53 bits per heavy atom. The molecule has 1 heteroatoms.